The maximum atomic E-state index is 13.1. The summed E-state index contributed by atoms with van der Waals surface area (Å²) in [5, 5.41) is 4.38. The van der Waals surface area contributed by atoms with Gasteiger partial charge in [-0.25, -0.2) is 0 Å². The first kappa shape index (κ1) is 30.8. The van der Waals surface area contributed by atoms with Gasteiger partial charge >= 0.3 is 25.7 Å². The lowest BCUT2D eigenvalue weighted by atomic mass is 10.2. The van der Waals surface area contributed by atoms with E-state index in [1.165, 1.54) is 0 Å². The van der Waals surface area contributed by atoms with E-state index in [-0.39, 0.29) is 0 Å². The van der Waals surface area contributed by atoms with Crippen molar-refractivity contribution in [2.45, 2.75) is 13.8 Å². The fourth-order valence-corrected chi connectivity index (χ4v) is 18.0. The SMILES string of the molecule is Cc1ccc([Si](O[Si](O)(c2ccccc2)c2ccccc2)(O[Si](O)(c2ccccc2)c2ccccc2)c2ccc(C)cc2)cc1. The van der Waals surface area contributed by atoms with Crippen LogP contribution in [-0.2, 0) is 8.23 Å². The minimum atomic E-state index is -3.98. The average molecular weight is 641 g/mol. The molecular weight excluding hydrogens is 605 g/mol. The molecule has 0 aliphatic rings. The van der Waals surface area contributed by atoms with Gasteiger partial charge in [0.1, 0.15) is 0 Å². The van der Waals surface area contributed by atoms with Gasteiger partial charge in [0, 0.05) is 0 Å². The van der Waals surface area contributed by atoms with Crippen molar-refractivity contribution in [3.63, 3.8) is 0 Å². The standard InChI is InChI=1S/C38H36O4Si3/c1-31-23-27-37(28-24-31)45(38-29-25-32(2)26-30-38,41-43(39,33-15-7-3-8-16-33)34-17-9-4-10-18-34)42-44(40,35-19-11-5-12-20-35)36-21-13-6-14-22-36/h3-30,39-40H,1-2H3. The molecule has 6 aromatic carbocycles. The second-order valence-electron chi connectivity index (χ2n) is 11.3. The predicted molar refractivity (Wildman–Crippen MR) is 190 cm³/mol. The molecule has 0 heterocycles. The Labute approximate surface area is 268 Å². The molecule has 224 valence electrons. The first-order valence-electron chi connectivity index (χ1n) is 15.0. The van der Waals surface area contributed by atoms with Gasteiger partial charge in [0.2, 0.25) is 0 Å². The lowest BCUT2D eigenvalue weighted by Gasteiger charge is -2.43. The van der Waals surface area contributed by atoms with E-state index in [0.29, 0.717) is 20.7 Å². The zero-order chi connectivity index (χ0) is 31.3. The quantitative estimate of drug-likeness (QED) is 0.226. The Kier molecular flexibility index (Phi) is 8.93. The number of aryl methyl sites for hydroxylation is 2. The first-order chi connectivity index (χ1) is 21.8. The summed E-state index contributed by atoms with van der Waals surface area (Å²) < 4.78 is 14.9. The lowest BCUT2D eigenvalue weighted by Crippen LogP contribution is -2.79. The molecule has 7 heteroatoms. The second-order valence-corrected chi connectivity index (χ2v) is 20.2. The van der Waals surface area contributed by atoms with Crippen molar-refractivity contribution < 1.29 is 17.8 Å². The molecule has 6 rings (SSSR count). The molecule has 0 aliphatic carbocycles. The first-order valence-corrected chi connectivity index (χ1v) is 20.6. The van der Waals surface area contributed by atoms with Gasteiger partial charge in [0.05, 0.1) is 0 Å². The molecule has 0 spiro atoms. The van der Waals surface area contributed by atoms with Crippen LogP contribution in [0.15, 0.2) is 170 Å². The highest BCUT2D eigenvalue weighted by Crippen LogP contribution is 2.22. The Hall–Kier alpha value is -4.19. The highest BCUT2D eigenvalue weighted by molar-refractivity contribution is 7.08. The number of rotatable bonds is 10. The molecule has 0 bridgehead atoms. The van der Waals surface area contributed by atoms with E-state index in [4.69, 9.17) is 8.23 Å². The molecule has 0 amide bonds. The monoisotopic (exact) mass is 640 g/mol. The third kappa shape index (κ3) is 6.20. The fraction of sp³-hybridized carbons (Fsp3) is 0.0526. The van der Waals surface area contributed by atoms with E-state index >= 15 is 0 Å². The molecule has 45 heavy (non-hydrogen) atoms. The molecule has 0 saturated heterocycles. The molecule has 0 radical (unpaired) electrons. The highest BCUT2D eigenvalue weighted by atomic mass is 28.5. The molecule has 0 fully saturated rings. The van der Waals surface area contributed by atoms with Crippen LogP contribution in [0.5, 0.6) is 0 Å². The maximum Gasteiger partial charge on any atom is 0.396 e. The van der Waals surface area contributed by atoms with Crippen molar-refractivity contribution in [3.8, 4) is 0 Å². The summed E-state index contributed by atoms with van der Waals surface area (Å²) >= 11 is 0. The Bertz CT molecular complexity index is 1600. The predicted octanol–water partition coefficient (Wildman–Crippen LogP) is 3.39. The maximum absolute atomic E-state index is 13.1. The van der Waals surface area contributed by atoms with Gasteiger partial charge in [-0.3, -0.25) is 0 Å². The molecule has 0 saturated carbocycles. The molecular formula is C38H36O4Si3. The topological polar surface area (TPSA) is 58.9 Å². The Morgan fingerprint density at radius 2 is 0.578 bits per heavy atom. The molecule has 4 nitrogen and oxygen atoms in total. The van der Waals surface area contributed by atoms with Crippen LogP contribution < -0.4 is 31.1 Å². The van der Waals surface area contributed by atoms with E-state index in [9.17, 15) is 9.59 Å². The average Bonchev–Trinajstić information content (AvgIpc) is 3.10. The minimum absolute atomic E-state index is 0.695. The summed E-state index contributed by atoms with van der Waals surface area (Å²) in [4.78, 5) is 26.1. The summed E-state index contributed by atoms with van der Waals surface area (Å²) in [6.07, 6.45) is 0. The summed E-state index contributed by atoms with van der Waals surface area (Å²) in [6, 6.07) is 54.6. The van der Waals surface area contributed by atoms with Crippen LogP contribution in [0.1, 0.15) is 11.1 Å². The minimum Gasteiger partial charge on any atom is -0.404 e. The van der Waals surface area contributed by atoms with Gasteiger partial charge in [-0.05, 0) is 45.0 Å². The summed E-state index contributed by atoms with van der Waals surface area (Å²) in [6.45, 7) is 4.08. The van der Waals surface area contributed by atoms with Crippen molar-refractivity contribution in [1.29, 1.82) is 0 Å². The van der Waals surface area contributed by atoms with Gasteiger partial charge in [-0.1, -0.05) is 181 Å². The number of hydrogen-bond acceptors (Lipinski definition) is 4. The summed E-state index contributed by atoms with van der Waals surface area (Å²) in [7, 11) is -11.9. The third-order valence-electron chi connectivity index (χ3n) is 8.11. The Morgan fingerprint density at radius 3 is 0.822 bits per heavy atom. The van der Waals surface area contributed by atoms with Gasteiger partial charge in [0.25, 0.3) is 0 Å². The van der Waals surface area contributed by atoms with E-state index in [0.717, 1.165) is 21.5 Å². The Morgan fingerprint density at radius 1 is 0.333 bits per heavy atom. The van der Waals surface area contributed by atoms with E-state index < -0.39 is 25.7 Å². The van der Waals surface area contributed by atoms with Crippen LogP contribution in [0.4, 0.5) is 0 Å². The number of hydrogen-bond donors (Lipinski definition) is 2. The van der Waals surface area contributed by atoms with E-state index in [1.54, 1.807) is 0 Å². The normalized spacial score (nSPS) is 12.2. The van der Waals surface area contributed by atoms with Crippen molar-refractivity contribution in [2.24, 2.45) is 0 Å². The van der Waals surface area contributed by atoms with Crippen molar-refractivity contribution in [1.82, 2.24) is 0 Å². The molecule has 6 aromatic rings. The second kappa shape index (κ2) is 13.0. The van der Waals surface area contributed by atoms with Crippen LogP contribution in [0.25, 0.3) is 0 Å². The van der Waals surface area contributed by atoms with Gasteiger partial charge in [-0.15, -0.1) is 0 Å². The van der Waals surface area contributed by atoms with Crippen molar-refractivity contribution in [2.75, 3.05) is 0 Å². The van der Waals surface area contributed by atoms with E-state index in [2.05, 4.69) is 0 Å². The third-order valence-corrected chi connectivity index (χ3v) is 19.4. The smallest absolute Gasteiger partial charge is 0.396 e. The Balaban J connectivity index is 1.68. The zero-order valence-electron chi connectivity index (χ0n) is 25.4. The molecule has 0 atom stereocenters. The van der Waals surface area contributed by atoms with Crippen LogP contribution in [0.2, 0.25) is 0 Å². The number of benzene rings is 6. The van der Waals surface area contributed by atoms with E-state index in [1.807, 2.05) is 184 Å². The molecule has 0 unspecified atom stereocenters. The molecule has 0 aliphatic heterocycles. The van der Waals surface area contributed by atoms with Crippen LogP contribution in [0.3, 0.4) is 0 Å². The summed E-state index contributed by atoms with van der Waals surface area (Å²) in [5.74, 6) is 0. The van der Waals surface area contributed by atoms with Gasteiger partial charge in [0.15, 0.2) is 0 Å². The summed E-state index contributed by atoms with van der Waals surface area (Å²) in [5.41, 5.74) is 2.17. The van der Waals surface area contributed by atoms with Crippen LogP contribution >= 0.6 is 0 Å². The van der Waals surface area contributed by atoms with Crippen molar-refractivity contribution >= 4 is 56.8 Å². The van der Waals surface area contributed by atoms with Crippen molar-refractivity contribution in [3.05, 3.63) is 181 Å². The lowest BCUT2D eigenvalue weighted by molar-refractivity contribution is 0.320. The van der Waals surface area contributed by atoms with Crippen LogP contribution in [-0.4, -0.2) is 35.3 Å². The molecule has 0 aromatic heterocycles. The molecule has 2 N–H and O–H groups in total. The zero-order valence-corrected chi connectivity index (χ0v) is 28.4. The van der Waals surface area contributed by atoms with Gasteiger partial charge in [-0.2, -0.15) is 0 Å². The van der Waals surface area contributed by atoms with Crippen LogP contribution in [0, 0.1) is 13.8 Å². The van der Waals surface area contributed by atoms with Gasteiger partial charge < -0.3 is 17.8 Å². The highest BCUT2D eigenvalue weighted by Gasteiger charge is 2.57. The fourth-order valence-electron chi connectivity index (χ4n) is 5.61. The largest absolute Gasteiger partial charge is 0.404 e.